The molecule has 1 aromatic rings. The summed E-state index contributed by atoms with van der Waals surface area (Å²) in [5.74, 6) is -1.71. The second kappa shape index (κ2) is 9.87. The lowest BCUT2D eigenvalue weighted by molar-refractivity contribution is -0.143. The Morgan fingerprint density at radius 3 is 2.65 bits per heavy atom. The summed E-state index contributed by atoms with van der Waals surface area (Å²) in [5, 5.41) is 0. The molecule has 0 unspecified atom stereocenters. The van der Waals surface area contributed by atoms with E-state index in [0.29, 0.717) is 26.2 Å². The van der Waals surface area contributed by atoms with Gasteiger partial charge in [-0.05, 0) is 39.9 Å². The predicted octanol–water partition coefficient (Wildman–Crippen LogP) is 1.80. The van der Waals surface area contributed by atoms with Crippen LogP contribution < -0.4 is 0 Å². The van der Waals surface area contributed by atoms with Crippen molar-refractivity contribution in [2.24, 2.45) is 0 Å². The van der Waals surface area contributed by atoms with Gasteiger partial charge in [-0.25, -0.2) is 4.39 Å². The lowest BCUT2D eigenvalue weighted by atomic mass is 9.75. The van der Waals surface area contributed by atoms with E-state index in [1.54, 1.807) is 11.0 Å². The summed E-state index contributed by atoms with van der Waals surface area (Å²) >= 11 is 0. The zero-order valence-electron chi connectivity index (χ0n) is 18.6. The van der Waals surface area contributed by atoms with E-state index in [1.165, 1.54) is 23.1 Å². The number of hydrogen-bond acceptors (Lipinski definition) is 5. The van der Waals surface area contributed by atoms with Crippen molar-refractivity contribution in [2.75, 3.05) is 46.9 Å². The first-order chi connectivity index (χ1) is 14.8. The van der Waals surface area contributed by atoms with Gasteiger partial charge in [-0.2, -0.15) is 0 Å². The van der Waals surface area contributed by atoms with Crippen LogP contribution in [0.2, 0.25) is 0 Å². The fraction of sp³-hybridized carbons (Fsp3) is 0.609. The molecule has 2 fully saturated rings. The third kappa shape index (κ3) is 4.96. The molecule has 2 heterocycles. The van der Waals surface area contributed by atoms with Gasteiger partial charge < -0.3 is 14.5 Å². The number of imide groups is 1. The van der Waals surface area contributed by atoms with Crippen molar-refractivity contribution in [3.63, 3.8) is 0 Å². The van der Waals surface area contributed by atoms with Gasteiger partial charge in [0, 0.05) is 51.2 Å². The summed E-state index contributed by atoms with van der Waals surface area (Å²) in [6.45, 7) is 4.16. The molecule has 0 aliphatic carbocycles. The zero-order valence-corrected chi connectivity index (χ0v) is 18.6. The Bertz CT molecular complexity index is 825. The Labute approximate surface area is 183 Å². The van der Waals surface area contributed by atoms with Crippen LogP contribution in [0.25, 0.3) is 0 Å². The van der Waals surface area contributed by atoms with Crippen LogP contribution in [-0.2, 0) is 24.5 Å². The molecule has 0 N–H and O–H groups in total. The average molecular weight is 434 g/mol. The van der Waals surface area contributed by atoms with Crippen LogP contribution in [0.5, 0.6) is 0 Å². The molecule has 2 saturated heterocycles. The third-order valence-corrected chi connectivity index (χ3v) is 6.20. The van der Waals surface area contributed by atoms with E-state index in [-0.39, 0.29) is 42.9 Å². The van der Waals surface area contributed by atoms with Crippen LogP contribution in [0.4, 0.5) is 4.39 Å². The van der Waals surface area contributed by atoms with Gasteiger partial charge >= 0.3 is 0 Å². The van der Waals surface area contributed by atoms with E-state index in [0.717, 1.165) is 12.8 Å². The maximum absolute atomic E-state index is 14.9. The molecule has 0 bridgehead atoms. The Balaban J connectivity index is 1.90. The molecule has 0 aromatic heterocycles. The van der Waals surface area contributed by atoms with E-state index in [1.807, 2.05) is 25.9 Å². The molecular formula is C23H32FN3O4. The highest BCUT2D eigenvalue weighted by molar-refractivity contribution is 6.10. The molecule has 3 amide bonds. The van der Waals surface area contributed by atoms with Gasteiger partial charge in [0.05, 0.1) is 11.5 Å². The Morgan fingerprint density at radius 2 is 2.03 bits per heavy atom. The smallest absolute Gasteiger partial charge is 0.241 e. The number of hydrogen-bond donors (Lipinski definition) is 0. The molecule has 170 valence electrons. The van der Waals surface area contributed by atoms with E-state index < -0.39 is 17.1 Å². The van der Waals surface area contributed by atoms with E-state index in [9.17, 15) is 18.8 Å². The molecule has 7 nitrogen and oxygen atoms in total. The van der Waals surface area contributed by atoms with Gasteiger partial charge in [0.25, 0.3) is 0 Å². The second-order valence-electron chi connectivity index (χ2n) is 8.64. The molecule has 1 aromatic carbocycles. The van der Waals surface area contributed by atoms with Gasteiger partial charge in [-0.1, -0.05) is 18.2 Å². The summed E-state index contributed by atoms with van der Waals surface area (Å²) in [7, 11) is 3.70. The molecule has 0 saturated carbocycles. The summed E-state index contributed by atoms with van der Waals surface area (Å²) in [6, 6.07) is 5.95. The number of nitrogens with zero attached hydrogens (tertiary/aromatic N) is 3. The van der Waals surface area contributed by atoms with Gasteiger partial charge in [-0.15, -0.1) is 0 Å². The largest absolute Gasteiger partial charge is 0.376 e. The number of benzene rings is 1. The lowest BCUT2D eigenvalue weighted by Gasteiger charge is -2.31. The highest BCUT2D eigenvalue weighted by Gasteiger charge is 2.55. The highest BCUT2D eigenvalue weighted by Crippen LogP contribution is 2.41. The number of likely N-dealkylation sites (N-methyl/N-ethyl adjacent to an activating group) is 2. The average Bonchev–Trinajstić information content (AvgIpc) is 3.32. The fourth-order valence-corrected chi connectivity index (χ4v) is 4.43. The van der Waals surface area contributed by atoms with Crippen LogP contribution in [0, 0.1) is 5.82 Å². The fourth-order valence-electron chi connectivity index (χ4n) is 4.43. The number of amides is 3. The van der Waals surface area contributed by atoms with Crippen LogP contribution in [0.3, 0.4) is 0 Å². The Morgan fingerprint density at radius 1 is 1.29 bits per heavy atom. The minimum absolute atomic E-state index is 0.0224. The van der Waals surface area contributed by atoms with Gasteiger partial charge in [0.1, 0.15) is 5.82 Å². The van der Waals surface area contributed by atoms with Gasteiger partial charge in [-0.3, -0.25) is 19.3 Å². The van der Waals surface area contributed by atoms with Crippen molar-refractivity contribution in [3.8, 4) is 0 Å². The molecule has 2 atom stereocenters. The summed E-state index contributed by atoms with van der Waals surface area (Å²) < 4.78 is 20.5. The first-order valence-corrected chi connectivity index (χ1v) is 10.9. The van der Waals surface area contributed by atoms with Crippen molar-refractivity contribution in [3.05, 3.63) is 35.6 Å². The van der Waals surface area contributed by atoms with Crippen LogP contribution >= 0.6 is 0 Å². The van der Waals surface area contributed by atoms with E-state index >= 15 is 0 Å². The summed E-state index contributed by atoms with van der Waals surface area (Å²) in [6.07, 6.45) is 1.38. The molecule has 8 heteroatoms. The first kappa shape index (κ1) is 23.3. The second-order valence-corrected chi connectivity index (χ2v) is 8.64. The molecular weight excluding hydrogens is 401 g/mol. The molecule has 2 aliphatic heterocycles. The quantitative estimate of drug-likeness (QED) is 0.556. The molecule has 0 spiro atoms. The number of carbonyl (C=O) groups is 3. The number of ether oxygens (including phenoxy) is 1. The zero-order chi connectivity index (χ0) is 22.6. The topological polar surface area (TPSA) is 70.2 Å². The minimum atomic E-state index is -1.52. The highest BCUT2D eigenvalue weighted by atomic mass is 19.1. The SMILES string of the molecule is CCN(C[C@@H]1CCCO1)C(=O)C[C@]1(c2ccccc2F)CC(=O)N(CCN(C)C)C1=O. The van der Waals surface area contributed by atoms with Crippen molar-refractivity contribution in [2.45, 2.75) is 44.1 Å². The molecule has 0 radical (unpaired) electrons. The minimum Gasteiger partial charge on any atom is -0.376 e. The summed E-state index contributed by atoms with van der Waals surface area (Å²) in [5.41, 5.74) is -1.40. The third-order valence-electron chi connectivity index (χ3n) is 6.20. The van der Waals surface area contributed by atoms with Gasteiger partial charge in [0.2, 0.25) is 17.7 Å². The number of halogens is 1. The normalized spacial score (nSPS) is 23.8. The number of likely N-dealkylation sites (tertiary alicyclic amines) is 1. The van der Waals surface area contributed by atoms with Gasteiger partial charge in [0.15, 0.2) is 0 Å². The molecule has 2 aliphatic rings. The van der Waals surface area contributed by atoms with Crippen molar-refractivity contribution >= 4 is 17.7 Å². The molecule has 3 rings (SSSR count). The first-order valence-electron chi connectivity index (χ1n) is 10.9. The number of carbonyl (C=O) groups excluding carboxylic acids is 3. The van der Waals surface area contributed by atoms with Crippen molar-refractivity contribution in [1.82, 2.24) is 14.7 Å². The Kier molecular flexibility index (Phi) is 7.43. The van der Waals surface area contributed by atoms with E-state index in [2.05, 4.69) is 0 Å². The van der Waals surface area contributed by atoms with Crippen molar-refractivity contribution < 1.29 is 23.5 Å². The predicted molar refractivity (Wildman–Crippen MR) is 114 cm³/mol. The van der Waals surface area contributed by atoms with E-state index in [4.69, 9.17) is 4.74 Å². The van der Waals surface area contributed by atoms with Crippen LogP contribution in [0.1, 0.15) is 38.2 Å². The monoisotopic (exact) mass is 433 g/mol. The number of rotatable bonds is 9. The Hall–Kier alpha value is -2.32. The lowest BCUT2D eigenvalue weighted by Crippen LogP contribution is -2.46. The van der Waals surface area contributed by atoms with Crippen molar-refractivity contribution in [1.29, 1.82) is 0 Å². The summed E-state index contributed by atoms with van der Waals surface area (Å²) in [4.78, 5) is 44.3. The van der Waals surface area contributed by atoms with Crippen LogP contribution in [0.15, 0.2) is 24.3 Å². The standard InChI is InChI=1S/C23H32FN3O4/c1-4-26(16-17-8-7-13-31-17)20(28)14-23(18-9-5-6-10-19(18)24)15-21(29)27(22(23)30)12-11-25(2)3/h5-6,9-10,17H,4,7-8,11-16H2,1-3H3/t17-,23+/m0/s1. The van der Waals surface area contributed by atoms with Crippen LogP contribution in [-0.4, -0.2) is 85.4 Å². The molecule has 31 heavy (non-hydrogen) atoms. The maximum Gasteiger partial charge on any atom is 0.241 e. The maximum atomic E-state index is 14.9.